The van der Waals surface area contributed by atoms with E-state index >= 15 is 0 Å². The average molecular weight is 344 g/mol. The van der Waals surface area contributed by atoms with Crippen molar-refractivity contribution in [3.8, 4) is 0 Å². The molecule has 134 valence electrons. The van der Waals surface area contributed by atoms with Crippen molar-refractivity contribution in [1.82, 2.24) is 10.2 Å². The van der Waals surface area contributed by atoms with E-state index in [2.05, 4.69) is 5.32 Å². The predicted molar refractivity (Wildman–Crippen MR) is 91.8 cm³/mol. The number of carboxylic acids is 1. The summed E-state index contributed by atoms with van der Waals surface area (Å²) >= 11 is 0. The minimum Gasteiger partial charge on any atom is -0.480 e. The van der Waals surface area contributed by atoms with Gasteiger partial charge < -0.3 is 15.3 Å². The second-order valence-corrected chi connectivity index (χ2v) is 6.97. The van der Waals surface area contributed by atoms with Gasteiger partial charge in [-0.15, -0.1) is 0 Å². The smallest absolute Gasteiger partial charge is 0.326 e. The Labute approximate surface area is 147 Å². The molecule has 1 heterocycles. The van der Waals surface area contributed by atoms with Gasteiger partial charge in [0.2, 0.25) is 11.8 Å². The molecule has 0 radical (unpaired) electrons. The van der Waals surface area contributed by atoms with Gasteiger partial charge in [0.1, 0.15) is 6.04 Å². The Balaban J connectivity index is 1.60. The summed E-state index contributed by atoms with van der Waals surface area (Å²) in [7, 11) is 0. The van der Waals surface area contributed by atoms with E-state index in [1.807, 2.05) is 35.2 Å². The Kier molecular flexibility index (Phi) is 5.36. The number of aliphatic carboxylic acids is 1. The number of benzene rings is 1. The number of hydrogen-bond donors (Lipinski definition) is 2. The van der Waals surface area contributed by atoms with Crippen molar-refractivity contribution >= 4 is 17.8 Å². The lowest BCUT2D eigenvalue weighted by Gasteiger charge is -2.24. The quantitative estimate of drug-likeness (QED) is 0.820. The van der Waals surface area contributed by atoms with Crippen molar-refractivity contribution < 1.29 is 19.5 Å². The van der Waals surface area contributed by atoms with Gasteiger partial charge >= 0.3 is 5.97 Å². The summed E-state index contributed by atoms with van der Waals surface area (Å²) in [6.07, 6.45) is 4.68. The molecule has 0 aromatic heterocycles. The zero-order valence-corrected chi connectivity index (χ0v) is 14.2. The van der Waals surface area contributed by atoms with Crippen LogP contribution in [0, 0.1) is 5.92 Å². The summed E-state index contributed by atoms with van der Waals surface area (Å²) in [4.78, 5) is 38.0. The largest absolute Gasteiger partial charge is 0.480 e. The number of carboxylic acid groups (broad SMARTS) is 1. The third-order valence-corrected chi connectivity index (χ3v) is 5.19. The Morgan fingerprint density at radius 2 is 1.88 bits per heavy atom. The van der Waals surface area contributed by atoms with Crippen molar-refractivity contribution in [2.75, 3.05) is 6.54 Å². The van der Waals surface area contributed by atoms with Gasteiger partial charge in [-0.25, -0.2) is 4.79 Å². The number of amides is 2. The first kappa shape index (κ1) is 17.5. The van der Waals surface area contributed by atoms with Crippen LogP contribution < -0.4 is 5.32 Å². The minimum atomic E-state index is -1.06. The van der Waals surface area contributed by atoms with Crippen LogP contribution in [0.5, 0.6) is 0 Å². The van der Waals surface area contributed by atoms with Gasteiger partial charge in [-0.3, -0.25) is 9.59 Å². The molecule has 1 saturated heterocycles. The molecule has 2 N–H and O–H groups in total. The van der Waals surface area contributed by atoms with E-state index < -0.39 is 17.9 Å². The molecule has 1 saturated carbocycles. The molecule has 6 heteroatoms. The number of nitrogens with one attached hydrogen (secondary N) is 1. The molecule has 2 amide bonds. The maximum atomic E-state index is 12.5. The van der Waals surface area contributed by atoms with Crippen molar-refractivity contribution in [3.05, 3.63) is 35.9 Å². The number of nitrogens with zero attached hydrogens (tertiary/aromatic N) is 1. The number of hydrogen-bond acceptors (Lipinski definition) is 3. The fourth-order valence-corrected chi connectivity index (χ4v) is 3.82. The normalized spacial score (nSPS) is 22.2. The summed E-state index contributed by atoms with van der Waals surface area (Å²) in [5.41, 5.74) is 0.852. The highest BCUT2D eigenvalue weighted by molar-refractivity contribution is 5.91. The molecule has 1 aromatic rings. The summed E-state index contributed by atoms with van der Waals surface area (Å²) in [6.45, 7) is 0.410. The van der Waals surface area contributed by atoms with Crippen LogP contribution in [-0.4, -0.2) is 46.4 Å². The van der Waals surface area contributed by atoms with Crippen LogP contribution in [0.2, 0.25) is 0 Å². The van der Waals surface area contributed by atoms with Crippen LogP contribution in [0.3, 0.4) is 0 Å². The number of likely N-dealkylation sites (tertiary alicyclic amines) is 1. The number of rotatable bonds is 6. The number of carbonyl (C=O) groups excluding carboxylic acids is 2. The van der Waals surface area contributed by atoms with E-state index in [1.165, 1.54) is 0 Å². The molecule has 0 bridgehead atoms. The van der Waals surface area contributed by atoms with Crippen LogP contribution in [0.15, 0.2) is 30.3 Å². The lowest BCUT2D eigenvalue weighted by molar-refractivity contribution is -0.142. The van der Waals surface area contributed by atoms with Crippen LogP contribution in [0.1, 0.15) is 37.7 Å². The molecule has 1 aliphatic heterocycles. The number of carbonyl (C=O) groups is 3. The molecule has 3 rings (SSSR count). The van der Waals surface area contributed by atoms with Gasteiger partial charge in [0.05, 0.1) is 5.92 Å². The van der Waals surface area contributed by atoms with E-state index in [0.29, 0.717) is 6.54 Å². The fraction of sp³-hybridized carbons (Fsp3) is 0.526. The highest BCUT2D eigenvalue weighted by Crippen LogP contribution is 2.29. The second kappa shape index (κ2) is 7.68. The summed E-state index contributed by atoms with van der Waals surface area (Å²) in [5, 5.41) is 12.0. The van der Waals surface area contributed by atoms with Crippen molar-refractivity contribution in [2.45, 2.75) is 50.6 Å². The maximum absolute atomic E-state index is 12.5. The van der Waals surface area contributed by atoms with Gasteiger partial charge in [-0.05, 0) is 18.4 Å². The highest BCUT2D eigenvalue weighted by Gasteiger charge is 2.39. The van der Waals surface area contributed by atoms with Gasteiger partial charge in [0.25, 0.3) is 0 Å². The third-order valence-electron chi connectivity index (χ3n) is 5.19. The topological polar surface area (TPSA) is 86.7 Å². The first-order chi connectivity index (χ1) is 12.0. The van der Waals surface area contributed by atoms with E-state index in [-0.39, 0.29) is 30.7 Å². The second-order valence-electron chi connectivity index (χ2n) is 6.97. The monoisotopic (exact) mass is 344 g/mol. The van der Waals surface area contributed by atoms with Crippen LogP contribution in [0.4, 0.5) is 0 Å². The van der Waals surface area contributed by atoms with Crippen molar-refractivity contribution in [2.24, 2.45) is 5.92 Å². The first-order valence-electron chi connectivity index (χ1n) is 8.91. The van der Waals surface area contributed by atoms with Crippen LogP contribution >= 0.6 is 0 Å². The standard InChI is InChI=1S/C19H24N2O4/c22-17-11-14(12-21(17)15-8-4-5-9-15)18(23)20-16(19(24)25)10-13-6-2-1-3-7-13/h1-3,6-7,14-16H,4-5,8-12H2,(H,20,23)(H,24,25)/t14-,16-/m1/s1. The Hall–Kier alpha value is -2.37. The molecule has 0 spiro atoms. The van der Waals surface area contributed by atoms with Gasteiger partial charge in [0.15, 0.2) is 0 Å². The summed E-state index contributed by atoms with van der Waals surface area (Å²) in [5.74, 6) is -1.83. The lowest BCUT2D eigenvalue weighted by atomic mass is 10.0. The minimum absolute atomic E-state index is 0.0157. The molecule has 6 nitrogen and oxygen atoms in total. The predicted octanol–water partition coefficient (Wildman–Crippen LogP) is 1.59. The molecule has 2 fully saturated rings. The molecule has 2 aliphatic rings. The summed E-state index contributed by atoms with van der Waals surface area (Å²) in [6, 6.07) is 8.48. The summed E-state index contributed by atoms with van der Waals surface area (Å²) < 4.78 is 0. The van der Waals surface area contributed by atoms with Crippen molar-refractivity contribution in [3.63, 3.8) is 0 Å². The Morgan fingerprint density at radius 3 is 2.52 bits per heavy atom. The van der Waals surface area contributed by atoms with Crippen LogP contribution in [-0.2, 0) is 20.8 Å². The van der Waals surface area contributed by atoms with E-state index in [0.717, 1.165) is 31.2 Å². The first-order valence-corrected chi connectivity index (χ1v) is 8.91. The van der Waals surface area contributed by atoms with E-state index in [4.69, 9.17) is 0 Å². The zero-order chi connectivity index (χ0) is 17.8. The average Bonchev–Trinajstić information content (AvgIpc) is 3.24. The molecule has 0 unspecified atom stereocenters. The van der Waals surface area contributed by atoms with Gasteiger partial charge in [-0.1, -0.05) is 43.2 Å². The maximum Gasteiger partial charge on any atom is 0.326 e. The SMILES string of the molecule is O=C(N[C@H](Cc1ccccc1)C(=O)O)[C@@H]1CC(=O)N(C2CCCC2)C1. The Morgan fingerprint density at radius 1 is 1.20 bits per heavy atom. The molecule has 2 atom stereocenters. The highest BCUT2D eigenvalue weighted by atomic mass is 16.4. The zero-order valence-electron chi connectivity index (χ0n) is 14.2. The molecule has 1 aromatic carbocycles. The lowest BCUT2D eigenvalue weighted by Crippen LogP contribution is -2.45. The fourth-order valence-electron chi connectivity index (χ4n) is 3.82. The van der Waals surface area contributed by atoms with Crippen LogP contribution in [0.25, 0.3) is 0 Å². The third kappa shape index (κ3) is 4.18. The van der Waals surface area contributed by atoms with E-state index in [1.54, 1.807) is 0 Å². The van der Waals surface area contributed by atoms with Gasteiger partial charge in [-0.2, -0.15) is 0 Å². The molecular formula is C19H24N2O4. The molecule has 25 heavy (non-hydrogen) atoms. The molecular weight excluding hydrogens is 320 g/mol. The van der Waals surface area contributed by atoms with E-state index in [9.17, 15) is 19.5 Å². The molecule has 1 aliphatic carbocycles. The van der Waals surface area contributed by atoms with Gasteiger partial charge in [0, 0.05) is 25.4 Å². The van der Waals surface area contributed by atoms with Crippen molar-refractivity contribution in [1.29, 1.82) is 0 Å². The Bertz CT molecular complexity index is 640.